The predicted molar refractivity (Wildman–Crippen MR) is 83.6 cm³/mol. The lowest BCUT2D eigenvalue weighted by Gasteiger charge is -2.26. The molecule has 1 aromatic rings. The molecule has 0 saturated carbocycles. The van der Waals surface area contributed by atoms with Crippen LogP contribution >= 0.6 is 11.8 Å². The molecule has 0 atom stereocenters. The fourth-order valence-electron chi connectivity index (χ4n) is 1.77. The molecule has 0 bridgehead atoms. The quantitative estimate of drug-likeness (QED) is 0.814. The molecule has 1 aliphatic heterocycles. The number of anilines is 1. The van der Waals surface area contributed by atoms with Gasteiger partial charge in [0.25, 0.3) is 0 Å². The topological polar surface area (TPSA) is 84.4 Å². The fourth-order valence-corrected chi connectivity index (χ4v) is 2.49. The van der Waals surface area contributed by atoms with E-state index >= 15 is 0 Å². The number of nitrogens with zero attached hydrogens (tertiary/aromatic N) is 3. The van der Waals surface area contributed by atoms with Gasteiger partial charge in [0.1, 0.15) is 5.03 Å². The zero-order chi connectivity index (χ0) is 15.9. The van der Waals surface area contributed by atoms with Crippen LogP contribution in [-0.2, 0) is 14.3 Å². The zero-order valence-electron chi connectivity index (χ0n) is 12.7. The minimum atomic E-state index is -0.109. The van der Waals surface area contributed by atoms with Crippen LogP contribution < -0.4 is 5.32 Å². The van der Waals surface area contributed by atoms with Crippen molar-refractivity contribution < 1.29 is 14.3 Å². The Balaban J connectivity index is 1.81. The first-order chi connectivity index (χ1) is 10.6. The smallest absolute Gasteiger partial charge is 0.233 e. The van der Waals surface area contributed by atoms with Crippen molar-refractivity contribution in [2.75, 3.05) is 37.4 Å². The van der Waals surface area contributed by atoms with Gasteiger partial charge in [0, 0.05) is 19.0 Å². The number of morpholine rings is 1. The SMILES string of the molecule is CC(C)C(=O)Nc1ccc(SCC(=O)N2CCOCC2)nn1. The lowest BCUT2D eigenvalue weighted by molar-refractivity contribution is -0.132. The lowest BCUT2D eigenvalue weighted by atomic mass is 10.2. The van der Waals surface area contributed by atoms with Gasteiger partial charge in [-0.3, -0.25) is 9.59 Å². The standard InChI is InChI=1S/C14H20N4O3S/c1-10(2)14(20)15-11-3-4-12(17-16-11)22-9-13(19)18-5-7-21-8-6-18/h3-4,10H,5-9H2,1-2H3,(H,15,16,20). The first-order valence-corrected chi connectivity index (χ1v) is 8.17. The molecular formula is C14H20N4O3S. The average Bonchev–Trinajstić information content (AvgIpc) is 2.54. The maximum absolute atomic E-state index is 12.0. The number of carbonyl (C=O) groups is 2. The highest BCUT2D eigenvalue weighted by molar-refractivity contribution is 7.99. The molecule has 22 heavy (non-hydrogen) atoms. The lowest BCUT2D eigenvalue weighted by Crippen LogP contribution is -2.41. The van der Waals surface area contributed by atoms with Gasteiger partial charge in [0.2, 0.25) is 11.8 Å². The molecule has 1 aliphatic rings. The van der Waals surface area contributed by atoms with Crippen LogP contribution in [0.2, 0.25) is 0 Å². The molecule has 0 spiro atoms. The second-order valence-electron chi connectivity index (χ2n) is 5.18. The van der Waals surface area contributed by atoms with Crippen molar-refractivity contribution in [1.29, 1.82) is 0 Å². The van der Waals surface area contributed by atoms with Crippen LogP contribution in [0.3, 0.4) is 0 Å². The summed E-state index contributed by atoms with van der Waals surface area (Å²) >= 11 is 1.34. The Bertz CT molecular complexity index is 515. The molecule has 1 saturated heterocycles. The van der Waals surface area contributed by atoms with Crippen molar-refractivity contribution in [2.24, 2.45) is 5.92 Å². The molecule has 120 valence electrons. The molecule has 7 nitrogen and oxygen atoms in total. The van der Waals surface area contributed by atoms with Gasteiger partial charge in [0.15, 0.2) is 5.82 Å². The monoisotopic (exact) mass is 324 g/mol. The van der Waals surface area contributed by atoms with Crippen LogP contribution in [0.1, 0.15) is 13.8 Å². The molecule has 2 heterocycles. The van der Waals surface area contributed by atoms with E-state index < -0.39 is 0 Å². The highest BCUT2D eigenvalue weighted by atomic mass is 32.2. The summed E-state index contributed by atoms with van der Waals surface area (Å²) in [6, 6.07) is 3.44. The summed E-state index contributed by atoms with van der Waals surface area (Å²) < 4.78 is 5.22. The van der Waals surface area contributed by atoms with E-state index in [2.05, 4.69) is 15.5 Å². The largest absolute Gasteiger partial charge is 0.378 e. The normalized spacial score (nSPS) is 15.0. The van der Waals surface area contributed by atoms with Crippen LogP contribution in [0.25, 0.3) is 0 Å². The van der Waals surface area contributed by atoms with Gasteiger partial charge in [-0.2, -0.15) is 0 Å². The minimum absolute atomic E-state index is 0.0762. The third-order valence-corrected chi connectivity index (χ3v) is 4.03. The maximum atomic E-state index is 12.0. The van der Waals surface area contributed by atoms with Crippen molar-refractivity contribution in [2.45, 2.75) is 18.9 Å². The number of hydrogen-bond acceptors (Lipinski definition) is 6. The van der Waals surface area contributed by atoms with E-state index in [1.54, 1.807) is 17.0 Å². The van der Waals surface area contributed by atoms with Crippen molar-refractivity contribution in [1.82, 2.24) is 15.1 Å². The van der Waals surface area contributed by atoms with Crippen LogP contribution in [0, 0.1) is 5.92 Å². The van der Waals surface area contributed by atoms with E-state index in [0.29, 0.717) is 42.9 Å². The number of hydrogen-bond donors (Lipinski definition) is 1. The van der Waals surface area contributed by atoms with Crippen molar-refractivity contribution in [3.63, 3.8) is 0 Å². The maximum Gasteiger partial charge on any atom is 0.233 e. The number of carbonyl (C=O) groups excluding carboxylic acids is 2. The first kappa shape index (κ1) is 16.7. The summed E-state index contributed by atoms with van der Waals surface area (Å²) in [7, 11) is 0. The summed E-state index contributed by atoms with van der Waals surface area (Å²) in [6.45, 7) is 6.10. The highest BCUT2D eigenvalue weighted by Crippen LogP contribution is 2.16. The average molecular weight is 324 g/mol. The summed E-state index contributed by atoms with van der Waals surface area (Å²) in [5.41, 5.74) is 0. The summed E-state index contributed by atoms with van der Waals surface area (Å²) in [6.07, 6.45) is 0. The fraction of sp³-hybridized carbons (Fsp3) is 0.571. The minimum Gasteiger partial charge on any atom is -0.378 e. The van der Waals surface area contributed by atoms with Gasteiger partial charge in [-0.1, -0.05) is 25.6 Å². The molecule has 1 N–H and O–H groups in total. The van der Waals surface area contributed by atoms with Gasteiger partial charge >= 0.3 is 0 Å². The first-order valence-electron chi connectivity index (χ1n) is 7.19. The Morgan fingerprint density at radius 1 is 1.32 bits per heavy atom. The van der Waals surface area contributed by atoms with Crippen LogP contribution in [0.5, 0.6) is 0 Å². The van der Waals surface area contributed by atoms with Gasteiger partial charge in [-0.25, -0.2) is 0 Å². The van der Waals surface area contributed by atoms with Crippen molar-refractivity contribution in [3.05, 3.63) is 12.1 Å². The molecule has 1 aromatic heterocycles. The van der Waals surface area contributed by atoms with Gasteiger partial charge in [-0.05, 0) is 12.1 Å². The van der Waals surface area contributed by atoms with Crippen molar-refractivity contribution in [3.8, 4) is 0 Å². The number of rotatable bonds is 5. The summed E-state index contributed by atoms with van der Waals surface area (Å²) in [5.74, 6) is 0.612. The van der Waals surface area contributed by atoms with E-state index in [1.807, 2.05) is 13.8 Å². The van der Waals surface area contributed by atoms with E-state index in [0.717, 1.165) is 0 Å². The number of aromatic nitrogens is 2. The Kier molecular flexibility index (Phi) is 6.14. The second kappa shape index (κ2) is 8.09. The molecular weight excluding hydrogens is 304 g/mol. The Morgan fingerprint density at radius 3 is 2.64 bits per heavy atom. The summed E-state index contributed by atoms with van der Waals surface area (Å²) in [5, 5.41) is 11.3. The van der Waals surface area contributed by atoms with Crippen LogP contribution in [0.15, 0.2) is 17.2 Å². The molecule has 0 aromatic carbocycles. The number of thioether (sulfide) groups is 1. The highest BCUT2D eigenvalue weighted by Gasteiger charge is 2.17. The Labute approximate surface area is 133 Å². The Hall–Kier alpha value is -1.67. The molecule has 2 rings (SSSR count). The third-order valence-electron chi connectivity index (χ3n) is 3.12. The molecule has 0 radical (unpaired) electrons. The number of nitrogens with one attached hydrogen (secondary N) is 1. The van der Waals surface area contributed by atoms with Crippen LogP contribution in [0.4, 0.5) is 5.82 Å². The molecule has 0 unspecified atom stereocenters. The number of amides is 2. The third kappa shape index (κ3) is 4.96. The Morgan fingerprint density at radius 2 is 2.05 bits per heavy atom. The van der Waals surface area contributed by atoms with E-state index in [4.69, 9.17) is 4.74 Å². The van der Waals surface area contributed by atoms with Crippen LogP contribution in [-0.4, -0.2) is 59.0 Å². The van der Waals surface area contributed by atoms with Gasteiger partial charge < -0.3 is 15.0 Å². The molecule has 8 heteroatoms. The van der Waals surface area contributed by atoms with E-state index in [1.165, 1.54) is 11.8 Å². The zero-order valence-corrected chi connectivity index (χ0v) is 13.6. The predicted octanol–water partition coefficient (Wildman–Crippen LogP) is 1.02. The second-order valence-corrected chi connectivity index (χ2v) is 6.18. The van der Waals surface area contributed by atoms with E-state index in [-0.39, 0.29) is 17.7 Å². The van der Waals surface area contributed by atoms with Gasteiger partial charge in [0.05, 0.1) is 19.0 Å². The summed E-state index contributed by atoms with van der Waals surface area (Å²) in [4.78, 5) is 25.3. The number of ether oxygens (including phenoxy) is 1. The van der Waals surface area contributed by atoms with E-state index in [9.17, 15) is 9.59 Å². The molecule has 2 amide bonds. The van der Waals surface area contributed by atoms with Gasteiger partial charge in [-0.15, -0.1) is 10.2 Å². The van der Waals surface area contributed by atoms with Crippen molar-refractivity contribution >= 4 is 29.4 Å². The molecule has 0 aliphatic carbocycles. The molecule has 1 fully saturated rings.